The van der Waals surface area contributed by atoms with Gasteiger partial charge in [-0.1, -0.05) is 24.3 Å². The highest BCUT2D eigenvalue weighted by Gasteiger charge is 2.42. The molecular weight excluding hydrogens is 502 g/mol. The van der Waals surface area contributed by atoms with Crippen LogP contribution >= 0.6 is 7.14 Å². The third-order valence-electron chi connectivity index (χ3n) is 6.90. The van der Waals surface area contributed by atoms with Crippen LogP contribution in [0, 0.1) is 5.82 Å². The van der Waals surface area contributed by atoms with Gasteiger partial charge in [0.1, 0.15) is 17.4 Å². The molecule has 2 bridgehead atoms. The molecule has 0 saturated carbocycles. The summed E-state index contributed by atoms with van der Waals surface area (Å²) in [6.45, 7) is 0.226. The number of rotatable bonds is 5. The number of hydrogen-bond donors (Lipinski definition) is 1. The molecule has 2 unspecified atom stereocenters. The van der Waals surface area contributed by atoms with Crippen molar-refractivity contribution in [2.75, 3.05) is 13.3 Å². The zero-order valence-electron chi connectivity index (χ0n) is 20.0. The van der Waals surface area contributed by atoms with Crippen molar-refractivity contribution in [1.82, 2.24) is 14.9 Å². The van der Waals surface area contributed by atoms with Crippen LogP contribution in [0.5, 0.6) is 5.75 Å². The van der Waals surface area contributed by atoms with Crippen molar-refractivity contribution in [2.24, 2.45) is 0 Å². The molecule has 6 nitrogen and oxygen atoms in total. The van der Waals surface area contributed by atoms with Gasteiger partial charge in [0, 0.05) is 18.7 Å². The molecule has 0 aliphatic carbocycles. The molecule has 3 aromatic carbocycles. The second kappa shape index (κ2) is 8.48. The van der Waals surface area contributed by atoms with E-state index in [1.807, 2.05) is 22.8 Å². The first-order valence-electron chi connectivity index (χ1n) is 11.8. The summed E-state index contributed by atoms with van der Waals surface area (Å²) in [7, 11) is -2.43. The van der Waals surface area contributed by atoms with E-state index in [1.165, 1.54) is 18.2 Å². The molecule has 2 atom stereocenters. The number of nitrogens with zero attached hydrogens (tertiary/aromatic N) is 2. The van der Waals surface area contributed by atoms with Gasteiger partial charge in [0.15, 0.2) is 0 Å². The number of nitrogens with one attached hydrogen (secondary N) is 1. The molecule has 0 fully saturated rings. The SMILES string of the molecule is CP(C)(=O)Cc1ccc(-c2ccc3nc4n(c3c2)C2CC4NC(=O)c3cccc(OC(F)F)c32)cc1F.[HH]. The van der Waals surface area contributed by atoms with E-state index in [0.29, 0.717) is 34.5 Å². The summed E-state index contributed by atoms with van der Waals surface area (Å²) in [6, 6.07) is 14.2. The van der Waals surface area contributed by atoms with Crippen molar-refractivity contribution < 1.29 is 28.7 Å². The van der Waals surface area contributed by atoms with E-state index < -0.39 is 31.7 Å². The Morgan fingerprint density at radius 3 is 2.65 bits per heavy atom. The van der Waals surface area contributed by atoms with Crippen LogP contribution in [0.1, 0.15) is 47.2 Å². The lowest BCUT2D eigenvalue weighted by molar-refractivity contribution is -0.0507. The lowest BCUT2D eigenvalue weighted by Gasteiger charge is -2.21. The minimum absolute atomic E-state index is 0. The predicted octanol–water partition coefficient (Wildman–Crippen LogP) is 6.59. The Kier molecular flexibility index (Phi) is 5.46. The van der Waals surface area contributed by atoms with Crippen molar-refractivity contribution >= 4 is 24.1 Å². The van der Waals surface area contributed by atoms with Crippen LogP contribution in [-0.4, -0.2) is 35.4 Å². The van der Waals surface area contributed by atoms with Crippen LogP contribution in [0.25, 0.3) is 22.2 Å². The van der Waals surface area contributed by atoms with Gasteiger partial charge in [-0.15, -0.1) is 0 Å². The maximum atomic E-state index is 14.9. The topological polar surface area (TPSA) is 73.2 Å². The van der Waals surface area contributed by atoms with Crippen molar-refractivity contribution in [1.29, 1.82) is 0 Å². The molecule has 192 valence electrons. The molecule has 1 amide bonds. The minimum atomic E-state index is -3.03. The van der Waals surface area contributed by atoms with Crippen LogP contribution in [0.3, 0.4) is 0 Å². The molecule has 6 rings (SSSR count). The zero-order chi connectivity index (χ0) is 26.1. The Morgan fingerprint density at radius 2 is 1.92 bits per heavy atom. The van der Waals surface area contributed by atoms with Crippen LogP contribution < -0.4 is 10.1 Å². The van der Waals surface area contributed by atoms with Crippen LogP contribution in [-0.2, 0) is 10.7 Å². The third kappa shape index (κ3) is 4.11. The number of aromatic nitrogens is 2. The number of alkyl halides is 2. The number of hydrogen-bond acceptors (Lipinski definition) is 4. The average Bonchev–Trinajstić information content (AvgIpc) is 3.31. The van der Waals surface area contributed by atoms with Gasteiger partial charge in [0.05, 0.1) is 30.3 Å². The quantitative estimate of drug-likeness (QED) is 0.297. The van der Waals surface area contributed by atoms with E-state index in [0.717, 1.165) is 11.1 Å². The monoisotopic (exact) mass is 527 g/mol. The van der Waals surface area contributed by atoms with E-state index in [4.69, 9.17) is 9.72 Å². The maximum Gasteiger partial charge on any atom is 0.387 e. The highest BCUT2D eigenvalue weighted by Crippen LogP contribution is 2.48. The standard InChI is InChI=1S/C27H23F3N3O3P.H2/c1-37(2,35)13-16-7-6-14(10-18(16)28)15-8-9-19-21(11-15)33-22-12-20(25(33)31-19)32-26(34)17-4-3-5-23(24(17)22)36-27(29)30;/h3-11,20,22,27H,12-13H2,1-2H3,(H,32,34);1H. The normalized spacial score (nSPS) is 18.5. The number of imidazole rings is 1. The Labute approximate surface area is 212 Å². The Bertz CT molecular complexity index is 1630. The first-order chi connectivity index (χ1) is 17.6. The summed E-state index contributed by atoms with van der Waals surface area (Å²) >= 11 is 0. The highest BCUT2D eigenvalue weighted by molar-refractivity contribution is 7.61. The molecule has 3 heterocycles. The van der Waals surface area contributed by atoms with E-state index >= 15 is 0 Å². The molecule has 1 aromatic heterocycles. The number of carbonyl (C=O) groups is 1. The zero-order valence-corrected chi connectivity index (χ0v) is 20.9. The molecule has 37 heavy (non-hydrogen) atoms. The van der Waals surface area contributed by atoms with Crippen LogP contribution in [0.15, 0.2) is 54.6 Å². The van der Waals surface area contributed by atoms with Crippen molar-refractivity contribution in [3.63, 3.8) is 0 Å². The van der Waals surface area contributed by atoms with Gasteiger partial charge in [0.25, 0.3) is 5.91 Å². The van der Waals surface area contributed by atoms with Crippen LogP contribution in [0.4, 0.5) is 13.2 Å². The van der Waals surface area contributed by atoms with Crippen molar-refractivity contribution in [2.45, 2.75) is 31.3 Å². The second-order valence-electron chi connectivity index (χ2n) is 9.96. The summed E-state index contributed by atoms with van der Waals surface area (Å²) in [5, 5.41) is 2.96. The van der Waals surface area contributed by atoms with Gasteiger partial charge in [0.2, 0.25) is 0 Å². The fourth-order valence-electron chi connectivity index (χ4n) is 5.45. The van der Waals surface area contributed by atoms with Gasteiger partial charge in [-0.25, -0.2) is 9.37 Å². The fourth-order valence-corrected chi connectivity index (χ4v) is 6.53. The number of benzene rings is 3. The summed E-state index contributed by atoms with van der Waals surface area (Å²) < 4.78 is 60.2. The lowest BCUT2D eigenvalue weighted by Crippen LogP contribution is -2.28. The first kappa shape index (κ1) is 23.8. The number of amides is 1. The molecule has 10 heteroatoms. The summed E-state index contributed by atoms with van der Waals surface area (Å²) in [6.07, 6.45) is 0.633. The van der Waals surface area contributed by atoms with Crippen molar-refractivity contribution in [3.05, 3.63) is 82.9 Å². The van der Waals surface area contributed by atoms with E-state index in [1.54, 1.807) is 31.5 Å². The molecule has 0 spiro atoms. The fraction of sp³-hybridized carbons (Fsp3) is 0.259. The Hall–Kier alpha value is -3.58. The third-order valence-corrected chi connectivity index (χ3v) is 8.00. The van der Waals surface area contributed by atoms with Gasteiger partial charge in [-0.05, 0) is 66.8 Å². The van der Waals surface area contributed by atoms with Gasteiger partial charge >= 0.3 is 6.61 Å². The molecule has 2 aliphatic heterocycles. The minimum Gasteiger partial charge on any atom is -0.434 e. The second-order valence-corrected chi connectivity index (χ2v) is 13.4. The van der Waals surface area contributed by atoms with Crippen LogP contribution in [0.2, 0.25) is 0 Å². The predicted molar refractivity (Wildman–Crippen MR) is 136 cm³/mol. The molecule has 1 N–H and O–H groups in total. The smallest absolute Gasteiger partial charge is 0.387 e. The molecule has 0 radical (unpaired) electrons. The van der Waals surface area contributed by atoms with Gasteiger partial charge in [-0.3, -0.25) is 4.79 Å². The van der Waals surface area contributed by atoms with Gasteiger partial charge < -0.3 is 19.2 Å². The Morgan fingerprint density at radius 1 is 1.16 bits per heavy atom. The molecular formula is C27H25F3N3O3P. The first-order valence-corrected chi connectivity index (χ1v) is 14.6. The lowest BCUT2D eigenvalue weighted by atomic mass is 9.97. The van der Waals surface area contributed by atoms with Gasteiger partial charge in [-0.2, -0.15) is 8.78 Å². The summed E-state index contributed by atoms with van der Waals surface area (Å²) in [5.41, 5.74) is 3.90. The Balaban J connectivity index is 0.00000294. The number of carbonyl (C=O) groups excluding carboxylic acids is 1. The van der Waals surface area contributed by atoms with E-state index in [-0.39, 0.29) is 24.8 Å². The van der Waals surface area contributed by atoms with E-state index in [9.17, 15) is 22.5 Å². The average molecular weight is 527 g/mol. The number of ether oxygens (including phenoxy) is 1. The largest absolute Gasteiger partial charge is 0.434 e. The summed E-state index contributed by atoms with van der Waals surface area (Å²) in [4.78, 5) is 17.6. The molecule has 4 aromatic rings. The van der Waals surface area contributed by atoms with E-state index in [2.05, 4.69) is 5.32 Å². The molecule has 2 aliphatic rings. The highest BCUT2D eigenvalue weighted by atomic mass is 31.2. The molecule has 0 saturated heterocycles. The maximum absolute atomic E-state index is 14.9. The van der Waals surface area contributed by atoms with Crippen molar-refractivity contribution in [3.8, 4) is 16.9 Å². The number of halogens is 3. The summed E-state index contributed by atoms with van der Waals surface area (Å²) in [5.74, 6) is -0.189. The number of fused-ring (bicyclic) bond motifs is 9.